The van der Waals surface area contributed by atoms with Crippen LogP contribution in [-0.2, 0) is 0 Å². The first-order valence-corrected chi connectivity index (χ1v) is 3.71. The van der Waals surface area contributed by atoms with Crippen LogP contribution in [0.15, 0.2) is 0 Å². The van der Waals surface area contributed by atoms with Crippen LogP contribution in [0.5, 0.6) is 0 Å². The quantitative estimate of drug-likeness (QED) is 0.517. The van der Waals surface area contributed by atoms with E-state index in [9.17, 15) is 0 Å². The smallest absolute Gasteiger partial charge is 0.135 e. The summed E-state index contributed by atoms with van der Waals surface area (Å²) in [6.45, 7) is 3.66. The molecule has 0 spiro atoms. The van der Waals surface area contributed by atoms with E-state index < -0.39 is 0 Å². The molecular formula is C5H10NS2. The Hall–Kier alpha value is 0.240. The molecule has 1 nitrogen and oxygen atoms in total. The lowest BCUT2D eigenvalue weighted by molar-refractivity contribution is 0.648. The van der Waals surface area contributed by atoms with Gasteiger partial charge in [0.2, 0.25) is 0 Å². The lowest BCUT2D eigenvalue weighted by Gasteiger charge is -2.10. The molecule has 0 aliphatic heterocycles. The first-order valence-electron chi connectivity index (χ1n) is 2.31. The first-order chi connectivity index (χ1) is 3.68. The van der Waals surface area contributed by atoms with Crippen molar-refractivity contribution in [1.82, 2.24) is 4.90 Å². The minimum atomic E-state index is 0.816. The van der Waals surface area contributed by atoms with Gasteiger partial charge in [-0.15, -0.1) is 0 Å². The lowest BCUT2D eigenvalue weighted by atomic mass is 11.0. The molecule has 0 amide bonds. The number of nitrogens with zero attached hydrogens (tertiary/aromatic N) is 1. The van der Waals surface area contributed by atoms with Gasteiger partial charge < -0.3 is 4.90 Å². The maximum absolute atomic E-state index is 4.93. The molecule has 0 atom stereocenters. The van der Waals surface area contributed by atoms with Crippen LogP contribution in [0.4, 0.5) is 0 Å². The van der Waals surface area contributed by atoms with Crippen molar-refractivity contribution in [3.05, 3.63) is 6.92 Å². The molecule has 0 N–H and O–H groups in total. The Morgan fingerprint density at radius 2 is 2.25 bits per heavy atom. The molecule has 0 aromatic carbocycles. The number of thiocarbonyl (C=S) groups is 1. The second kappa shape index (κ2) is 4.15. The third kappa shape index (κ3) is 3.27. The summed E-state index contributed by atoms with van der Waals surface area (Å²) in [6, 6.07) is 0. The molecule has 0 fully saturated rings. The zero-order valence-corrected chi connectivity index (χ0v) is 6.81. The van der Waals surface area contributed by atoms with Gasteiger partial charge in [0.1, 0.15) is 4.32 Å². The maximum Gasteiger partial charge on any atom is 0.135 e. The van der Waals surface area contributed by atoms with Gasteiger partial charge in [-0.05, 0) is 6.92 Å². The SMILES string of the molecule is [CH2]CSC(=S)N(C)C. The van der Waals surface area contributed by atoms with E-state index in [1.54, 1.807) is 11.8 Å². The highest BCUT2D eigenvalue weighted by Crippen LogP contribution is 2.03. The number of hydrogen-bond donors (Lipinski definition) is 0. The van der Waals surface area contributed by atoms with E-state index in [-0.39, 0.29) is 0 Å². The average molecular weight is 148 g/mol. The molecule has 0 bridgehead atoms. The van der Waals surface area contributed by atoms with E-state index in [2.05, 4.69) is 6.92 Å². The molecule has 0 aromatic heterocycles. The zero-order chi connectivity index (χ0) is 6.57. The van der Waals surface area contributed by atoms with Crippen LogP contribution in [0.3, 0.4) is 0 Å². The summed E-state index contributed by atoms with van der Waals surface area (Å²) in [6.07, 6.45) is 0. The van der Waals surface area contributed by atoms with Gasteiger partial charge in [-0.25, -0.2) is 0 Å². The predicted octanol–water partition coefficient (Wildman–Crippen LogP) is 1.40. The highest BCUT2D eigenvalue weighted by Gasteiger charge is 1.94. The van der Waals surface area contributed by atoms with Crippen molar-refractivity contribution < 1.29 is 0 Å². The van der Waals surface area contributed by atoms with Crippen LogP contribution in [0.25, 0.3) is 0 Å². The second-order valence-electron chi connectivity index (χ2n) is 1.51. The van der Waals surface area contributed by atoms with Crippen molar-refractivity contribution in [3.8, 4) is 0 Å². The van der Waals surface area contributed by atoms with Crippen molar-refractivity contribution in [1.29, 1.82) is 0 Å². The van der Waals surface area contributed by atoms with Crippen LogP contribution >= 0.6 is 24.0 Å². The van der Waals surface area contributed by atoms with E-state index in [0.29, 0.717) is 0 Å². The highest BCUT2D eigenvalue weighted by atomic mass is 32.2. The second-order valence-corrected chi connectivity index (χ2v) is 3.24. The normalized spacial score (nSPS) is 8.88. The van der Waals surface area contributed by atoms with Crippen molar-refractivity contribution in [3.63, 3.8) is 0 Å². The summed E-state index contributed by atoms with van der Waals surface area (Å²) in [4.78, 5) is 1.91. The van der Waals surface area contributed by atoms with Crippen molar-refractivity contribution in [2.75, 3.05) is 19.8 Å². The van der Waals surface area contributed by atoms with E-state index in [1.807, 2.05) is 19.0 Å². The van der Waals surface area contributed by atoms with Crippen LogP contribution in [-0.4, -0.2) is 29.1 Å². The van der Waals surface area contributed by atoms with E-state index >= 15 is 0 Å². The van der Waals surface area contributed by atoms with Crippen LogP contribution in [0.1, 0.15) is 0 Å². The Balaban J connectivity index is 3.33. The molecule has 1 radical (unpaired) electrons. The molecule has 0 unspecified atom stereocenters. The fourth-order valence-corrected chi connectivity index (χ4v) is 0.899. The summed E-state index contributed by atoms with van der Waals surface area (Å²) < 4.78 is 0.903. The fraction of sp³-hybridized carbons (Fsp3) is 0.600. The van der Waals surface area contributed by atoms with Gasteiger partial charge in [0.05, 0.1) is 0 Å². The highest BCUT2D eigenvalue weighted by molar-refractivity contribution is 8.22. The Kier molecular flexibility index (Phi) is 4.28. The molecule has 0 aliphatic carbocycles. The Morgan fingerprint density at radius 1 is 1.75 bits per heavy atom. The Bertz CT molecular complexity index is 80.5. The van der Waals surface area contributed by atoms with Crippen molar-refractivity contribution in [2.24, 2.45) is 0 Å². The van der Waals surface area contributed by atoms with Crippen molar-refractivity contribution in [2.45, 2.75) is 0 Å². The topological polar surface area (TPSA) is 3.24 Å². The molecule has 3 heteroatoms. The van der Waals surface area contributed by atoms with E-state index in [0.717, 1.165) is 10.1 Å². The van der Waals surface area contributed by atoms with Gasteiger partial charge in [0.25, 0.3) is 0 Å². The van der Waals surface area contributed by atoms with Crippen LogP contribution < -0.4 is 0 Å². The fourth-order valence-electron chi connectivity index (χ4n) is 0.216. The Morgan fingerprint density at radius 3 is 2.38 bits per heavy atom. The van der Waals surface area contributed by atoms with Crippen molar-refractivity contribution >= 4 is 28.3 Å². The molecule has 47 valence electrons. The van der Waals surface area contributed by atoms with Gasteiger partial charge in [-0.1, -0.05) is 24.0 Å². The van der Waals surface area contributed by atoms with Gasteiger partial charge in [-0.3, -0.25) is 0 Å². The number of rotatable bonds is 1. The maximum atomic E-state index is 4.93. The third-order valence-electron chi connectivity index (χ3n) is 0.591. The molecule has 0 aromatic rings. The van der Waals surface area contributed by atoms with Gasteiger partial charge in [0, 0.05) is 19.8 Å². The number of thioether (sulfide) groups is 1. The Labute approximate surface area is 60.4 Å². The van der Waals surface area contributed by atoms with E-state index in [1.165, 1.54) is 0 Å². The van der Waals surface area contributed by atoms with E-state index in [4.69, 9.17) is 12.2 Å². The molecule has 0 saturated carbocycles. The molecule has 0 rings (SSSR count). The first kappa shape index (κ1) is 8.24. The summed E-state index contributed by atoms with van der Waals surface area (Å²) in [7, 11) is 3.87. The number of hydrogen-bond acceptors (Lipinski definition) is 2. The zero-order valence-electron chi connectivity index (χ0n) is 5.18. The van der Waals surface area contributed by atoms with Gasteiger partial charge in [0.15, 0.2) is 0 Å². The van der Waals surface area contributed by atoms with Gasteiger partial charge >= 0.3 is 0 Å². The largest absolute Gasteiger partial charge is 0.364 e. The summed E-state index contributed by atoms with van der Waals surface area (Å²) in [5, 5.41) is 0. The average Bonchev–Trinajstić information content (AvgIpc) is 1.67. The summed E-state index contributed by atoms with van der Waals surface area (Å²) >= 11 is 6.51. The minimum Gasteiger partial charge on any atom is -0.364 e. The van der Waals surface area contributed by atoms with Crippen LogP contribution in [0, 0.1) is 6.92 Å². The van der Waals surface area contributed by atoms with Gasteiger partial charge in [-0.2, -0.15) is 0 Å². The summed E-state index contributed by atoms with van der Waals surface area (Å²) in [5.41, 5.74) is 0. The lowest BCUT2D eigenvalue weighted by Crippen LogP contribution is -2.15. The monoisotopic (exact) mass is 148 g/mol. The summed E-state index contributed by atoms with van der Waals surface area (Å²) in [5.74, 6) is 0.816. The molecule has 0 saturated heterocycles. The molecule has 0 heterocycles. The van der Waals surface area contributed by atoms with Crippen LogP contribution in [0.2, 0.25) is 0 Å². The predicted molar refractivity (Wildman–Crippen MR) is 44.1 cm³/mol. The standard InChI is InChI=1S/C5H10NS2/c1-4-8-5(7)6(2)3/h1,4H2,2-3H3. The minimum absolute atomic E-state index is 0.816. The molecule has 8 heavy (non-hydrogen) atoms. The molecule has 0 aliphatic rings. The molecular weight excluding hydrogens is 138 g/mol. The third-order valence-corrected chi connectivity index (χ3v) is 2.13.